The van der Waals surface area contributed by atoms with Crippen molar-refractivity contribution in [3.05, 3.63) is 29.8 Å². The highest BCUT2D eigenvalue weighted by atomic mass is 19.1. The summed E-state index contributed by atoms with van der Waals surface area (Å²) in [5.41, 5.74) is 0. The van der Waals surface area contributed by atoms with Crippen LogP contribution in [0.1, 0.15) is 13.3 Å². The molecule has 4 heteroatoms. The van der Waals surface area contributed by atoms with Crippen LogP contribution in [0.25, 0.3) is 0 Å². The second-order valence-corrected chi connectivity index (χ2v) is 3.02. The molecule has 2 nitrogen and oxygen atoms in total. The average Bonchev–Trinajstić information content (AvgIpc) is 2.12. The molecule has 0 fully saturated rings. The summed E-state index contributed by atoms with van der Waals surface area (Å²) in [6, 6.07) is 3.03. The molecular weight excluding hydrogens is 190 g/mol. The van der Waals surface area contributed by atoms with Crippen LogP contribution in [0.3, 0.4) is 0 Å². The van der Waals surface area contributed by atoms with Gasteiger partial charge in [-0.1, -0.05) is 0 Å². The summed E-state index contributed by atoms with van der Waals surface area (Å²) in [5.74, 6) is -1.26. The molecule has 1 aromatic rings. The van der Waals surface area contributed by atoms with Gasteiger partial charge in [0.25, 0.3) is 0 Å². The molecule has 0 radical (unpaired) electrons. The smallest absolute Gasteiger partial charge is 0.165 e. The highest BCUT2D eigenvalue weighted by Crippen LogP contribution is 2.19. The van der Waals surface area contributed by atoms with Crippen LogP contribution in [0.2, 0.25) is 0 Å². The van der Waals surface area contributed by atoms with Crippen molar-refractivity contribution >= 4 is 0 Å². The zero-order valence-electron chi connectivity index (χ0n) is 7.84. The molecular formula is C10H12F2O2. The number of halogens is 2. The van der Waals surface area contributed by atoms with Gasteiger partial charge in [-0.15, -0.1) is 0 Å². The van der Waals surface area contributed by atoms with Crippen LogP contribution in [0, 0.1) is 11.6 Å². The van der Waals surface area contributed by atoms with Crippen molar-refractivity contribution in [3.63, 3.8) is 0 Å². The van der Waals surface area contributed by atoms with Gasteiger partial charge < -0.3 is 9.84 Å². The molecule has 0 spiro atoms. The van der Waals surface area contributed by atoms with E-state index in [-0.39, 0.29) is 18.5 Å². The van der Waals surface area contributed by atoms with E-state index in [0.29, 0.717) is 6.42 Å². The summed E-state index contributed by atoms with van der Waals surface area (Å²) in [6.45, 7) is 1.64. The van der Waals surface area contributed by atoms with E-state index in [2.05, 4.69) is 0 Å². The quantitative estimate of drug-likeness (QED) is 0.810. The Morgan fingerprint density at radius 3 is 2.79 bits per heavy atom. The summed E-state index contributed by atoms with van der Waals surface area (Å²) in [5, 5.41) is 8.59. The zero-order valence-corrected chi connectivity index (χ0v) is 7.84. The number of aliphatic hydroxyl groups is 1. The largest absolute Gasteiger partial charge is 0.487 e. The molecule has 1 rings (SSSR count). The highest BCUT2D eigenvalue weighted by Gasteiger charge is 2.08. The first-order valence-electron chi connectivity index (χ1n) is 4.36. The fraction of sp³-hybridized carbons (Fsp3) is 0.400. The number of aliphatic hydroxyl groups excluding tert-OH is 1. The van der Waals surface area contributed by atoms with Gasteiger partial charge in [-0.3, -0.25) is 0 Å². The van der Waals surface area contributed by atoms with Gasteiger partial charge in [0.2, 0.25) is 0 Å². The third kappa shape index (κ3) is 2.96. The summed E-state index contributed by atoms with van der Waals surface area (Å²) in [4.78, 5) is 0. The third-order valence-electron chi connectivity index (χ3n) is 1.76. The molecule has 0 aromatic heterocycles. The van der Waals surface area contributed by atoms with Crippen molar-refractivity contribution < 1.29 is 18.6 Å². The Balaban J connectivity index is 2.70. The molecule has 0 aliphatic heterocycles. The van der Waals surface area contributed by atoms with Crippen molar-refractivity contribution in [2.45, 2.75) is 19.4 Å². The fourth-order valence-electron chi connectivity index (χ4n) is 1.02. The Hall–Kier alpha value is -1.16. The van der Waals surface area contributed by atoms with E-state index in [9.17, 15) is 8.78 Å². The van der Waals surface area contributed by atoms with Crippen molar-refractivity contribution in [3.8, 4) is 5.75 Å². The molecule has 1 atom stereocenters. The summed E-state index contributed by atoms with van der Waals surface area (Å²) in [7, 11) is 0. The van der Waals surface area contributed by atoms with Gasteiger partial charge in [0, 0.05) is 19.1 Å². The molecule has 0 saturated heterocycles. The normalized spacial score (nSPS) is 12.6. The van der Waals surface area contributed by atoms with E-state index >= 15 is 0 Å². The first-order chi connectivity index (χ1) is 6.63. The van der Waals surface area contributed by atoms with Crippen LogP contribution in [0.15, 0.2) is 18.2 Å². The van der Waals surface area contributed by atoms with Crippen LogP contribution < -0.4 is 4.74 Å². The Labute approximate surface area is 81.1 Å². The first-order valence-corrected chi connectivity index (χ1v) is 4.36. The van der Waals surface area contributed by atoms with Crippen molar-refractivity contribution in [1.29, 1.82) is 0 Å². The molecule has 14 heavy (non-hydrogen) atoms. The van der Waals surface area contributed by atoms with Gasteiger partial charge in [0.1, 0.15) is 5.82 Å². The Kier molecular flexibility index (Phi) is 3.83. The first kappa shape index (κ1) is 10.9. The van der Waals surface area contributed by atoms with Crippen molar-refractivity contribution in [1.82, 2.24) is 0 Å². The number of ether oxygens (including phenoxy) is 1. The summed E-state index contributed by atoms with van der Waals surface area (Å²) >= 11 is 0. The van der Waals surface area contributed by atoms with Gasteiger partial charge in [-0.2, -0.15) is 0 Å². The minimum Gasteiger partial charge on any atom is -0.487 e. The number of rotatable bonds is 4. The van der Waals surface area contributed by atoms with E-state index in [1.165, 1.54) is 0 Å². The maximum Gasteiger partial charge on any atom is 0.165 e. The molecule has 78 valence electrons. The summed E-state index contributed by atoms with van der Waals surface area (Å²) < 4.78 is 30.8. The van der Waals surface area contributed by atoms with E-state index < -0.39 is 11.6 Å². The second-order valence-electron chi connectivity index (χ2n) is 3.02. The van der Waals surface area contributed by atoms with Gasteiger partial charge >= 0.3 is 0 Å². The monoisotopic (exact) mass is 202 g/mol. The molecule has 0 saturated carbocycles. The number of hydrogen-bond acceptors (Lipinski definition) is 2. The predicted octanol–water partition coefficient (Wildman–Crippen LogP) is 2.11. The van der Waals surface area contributed by atoms with Crippen LogP contribution in [0.4, 0.5) is 8.78 Å². The SMILES string of the molecule is CC(CCO)Oc1cc(F)ccc1F. The Bertz CT molecular complexity index is 302. The molecule has 0 aliphatic carbocycles. The Morgan fingerprint density at radius 1 is 1.43 bits per heavy atom. The van der Waals surface area contributed by atoms with E-state index in [1.807, 2.05) is 0 Å². The minimum atomic E-state index is -0.601. The molecule has 1 N–H and O–H groups in total. The summed E-state index contributed by atoms with van der Waals surface area (Å²) in [6.07, 6.45) is 0.0481. The van der Waals surface area contributed by atoms with Crippen LogP contribution in [-0.2, 0) is 0 Å². The van der Waals surface area contributed by atoms with Crippen LogP contribution in [0.5, 0.6) is 5.75 Å². The third-order valence-corrected chi connectivity index (χ3v) is 1.76. The highest BCUT2D eigenvalue weighted by molar-refractivity contribution is 5.25. The fourth-order valence-corrected chi connectivity index (χ4v) is 1.02. The standard InChI is InChI=1S/C10H12F2O2/c1-7(4-5-13)14-10-6-8(11)2-3-9(10)12/h2-3,6-7,13H,4-5H2,1H3. The lowest BCUT2D eigenvalue weighted by molar-refractivity contribution is 0.163. The molecule has 0 heterocycles. The van der Waals surface area contributed by atoms with Gasteiger partial charge in [0.05, 0.1) is 6.10 Å². The van der Waals surface area contributed by atoms with Gasteiger partial charge in [-0.25, -0.2) is 8.78 Å². The maximum absolute atomic E-state index is 13.0. The average molecular weight is 202 g/mol. The van der Waals surface area contributed by atoms with Crippen molar-refractivity contribution in [2.75, 3.05) is 6.61 Å². The molecule has 0 amide bonds. The van der Waals surface area contributed by atoms with Gasteiger partial charge in [-0.05, 0) is 19.1 Å². The van der Waals surface area contributed by atoms with Crippen molar-refractivity contribution in [2.24, 2.45) is 0 Å². The van der Waals surface area contributed by atoms with Crippen LogP contribution in [-0.4, -0.2) is 17.8 Å². The lowest BCUT2D eigenvalue weighted by Crippen LogP contribution is -2.14. The molecule has 0 bridgehead atoms. The maximum atomic E-state index is 13.0. The van der Waals surface area contributed by atoms with Gasteiger partial charge in [0.15, 0.2) is 11.6 Å². The zero-order chi connectivity index (χ0) is 10.6. The predicted molar refractivity (Wildman–Crippen MR) is 48.2 cm³/mol. The number of benzene rings is 1. The lowest BCUT2D eigenvalue weighted by atomic mass is 10.3. The molecule has 1 unspecified atom stereocenters. The Morgan fingerprint density at radius 2 is 2.14 bits per heavy atom. The molecule has 1 aromatic carbocycles. The van der Waals surface area contributed by atoms with E-state index in [4.69, 9.17) is 9.84 Å². The van der Waals surface area contributed by atoms with Crippen LogP contribution >= 0.6 is 0 Å². The van der Waals surface area contributed by atoms with E-state index in [1.54, 1.807) is 6.92 Å². The lowest BCUT2D eigenvalue weighted by Gasteiger charge is -2.13. The van der Waals surface area contributed by atoms with E-state index in [0.717, 1.165) is 18.2 Å². The second kappa shape index (κ2) is 4.91. The minimum absolute atomic E-state index is 0.0436. The topological polar surface area (TPSA) is 29.5 Å². The number of hydrogen-bond donors (Lipinski definition) is 1. The molecule has 0 aliphatic rings.